The van der Waals surface area contributed by atoms with E-state index in [4.69, 9.17) is 9.47 Å². The Morgan fingerprint density at radius 2 is 2.05 bits per heavy atom. The molecule has 1 atom stereocenters. The maximum atomic E-state index is 13.6. The molecule has 6 heteroatoms. The van der Waals surface area contributed by atoms with E-state index in [1.807, 2.05) is 27.7 Å². The summed E-state index contributed by atoms with van der Waals surface area (Å²) in [6.07, 6.45) is -0.444. The van der Waals surface area contributed by atoms with Crippen LogP contribution in [0.2, 0.25) is 0 Å². The third-order valence-electron chi connectivity index (χ3n) is 2.90. The van der Waals surface area contributed by atoms with Crippen molar-refractivity contribution in [3.63, 3.8) is 0 Å². The van der Waals surface area contributed by atoms with E-state index in [-0.39, 0.29) is 18.4 Å². The van der Waals surface area contributed by atoms with Crippen LogP contribution in [-0.2, 0) is 16.0 Å². The third-order valence-corrected chi connectivity index (χ3v) is 3.55. The van der Waals surface area contributed by atoms with Gasteiger partial charge in [-0.15, -0.1) is 0 Å². The van der Waals surface area contributed by atoms with Crippen molar-refractivity contribution in [2.45, 2.75) is 45.9 Å². The second-order valence-electron chi connectivity index (χ2n) is 6.16. The quantitative estimate of drug-likeness (QED) is 0.767. The van der Waals surface area contributed by atoms with Crippen LogP contribution in [0.5, 0.6) is 0 Å². The highest BCUT2D eigenvalue weighted by atomic mass is 79.9. The lowest BCUT2D eigenvalue weighted by Crippen LogP contribution is -2.43. The second-order valence-corrected chi connectivity index (χ2v) is 7.02. The molecule has 0 aliphatic carbocycles. The van der Waals surface area contributed by atoms with Crippen LogP contribution in [0.4, 0.5) is 9.18 Å². The van der Waals surface area contributed by atoms with Crippen LogP contribution in [0.1, 0.15) is 33.3 Å². The topological polar surface area (TPSA) is 38.8 Å². The van der Waals surface area contributed by atoms with E-state index in [0.29, 0.717) is 16.6 Å². The number of rotatable bonds is 5. The first-order chi connectivity index (χ1) is 10.1. The predicted molar refractivity (Wildman–Crippen MR) is 87.2 cm³/mol. The van der Waals surface area contributed by atoms with Crippen LogP contribution in [-0.4, -0.2) is 36.4 Å². The van der Waals surface area contributed by atoms with Gasteiger partial charge in [-0.1, -0.05) is 6.07 Å². The molecule has 1 rings (SSSR count). The first kappa shape index (κ1) is 18.9. The van der Waals surface area contributed by atoms with Crippen LogP contribution in [0.15, 0.2) is 22.7 Å². The fraction of sp³-hybridized carbons (Fsp3) is 0.562. The number of carbonyl (C=O) groups excluding carboxylic acids is 1. The van der Waals surface area contributed by atoms with Crippen molar-refractivity contribution >= 4 is 22.0 Å². The van der Waals surface area contributed by atoms with E-state index in [1.54, 1.807) is 19.2 Å². The summed E-state index contributed by atoms with van der Waals surface area (Å²) in [6, 6.07) is 4.61. The summed E-state index contributed by atoms with van der Waals surface area (Å²) >= 11 is 3.12. The zero-order valence-corrected chi connectivity index (χ0v) is 15.2. The number of nitrogens with zero attached hydrogens (tertiary/aromatic N) is 1. The molecule has 0 spiro atoms. The van der Waals surface area contributed by atoms with Crippen LogP contribution in [0.3, 0.4) is 0 Å². The molecule has 124 valence electrons. The standard InChI is InChI=1S/C16H23BrFNO3/c1-11(10-21-5)19(15(20)22-16(2,3)4)9-12-6-7-13(17)14(18)8-12/h6-8,11H,9-10H2,1-5H3. The molecular formula is C16H23BrFNO3. The van der Waals surface area contributed by atoms with Crippen LogP contribution in [0, 0.1) is 5.82 Å². The SMILES string of the molecule is COCC(C)N(Cc1ccc(Br)c(F)c1)C(=O)OC(C)(C)C. The fourth-order valence-electron chi connectivity index (χ4n) is 1.89. The molecule has 0 radical (unpaired) electrons. The summed E-state index contributed by atoms with van der Waals surface area (Å²) in [5, 5.41) is 0. The Hall–Kier alpha value is -1.14. The Morgan fingerprint density at radius 3 is 2.55 bits per heavy atom. The Balaban J connectivity index is 2.94. The summed E-state index contributed by atoms with van der Waals surface area (Å²) < 4.78 is 24.6. The van der Waals surface area contributed by atoms with Gasteiger partial charge in [0.25, 0.3) is 0 Å². The van der Waals surface area contributed by atoms with Crippen molar-refractivity contribution in [2.24, 2.45) is 0 Å². The molecule has 0 heterocycles. The van der Waals surface area contributed by atoms with Crippen LogP contribution >= 0.6 is 15.9 Å². The van der Waals surface area contributed by atoms with E-state index in [2.05, 4.69) is 15.9 Å². The van der Waals surface area contributed by atoms with Gasteiger partial charge in [-0.05, 0) is 61.3 Å². The Morgan fingerprint density at radius 1 is 1.41 bits per heavy atom. The highest BCUT2D eigenvalue weighted by molar-refractivity contribution is 9.10. The second kappa shape index (κ2) is 7.92. The molecular weight excluding hydrogens is 353 g/mol. The first-order valence-electron chi connectivity index (χ1n) is 7.06. The Labute approximate surface area is 139 Å². The summed E-state index contributed by atoms with van der Waals surface area (Å²) in [5.41, 5.74) is 0.0992. The molecule has 0 fully saturated rings. The molecule has 0 saturated heterocycles. The molecule has 0 saturated carbocycles. The smallest absolute Gasteiger partial charge is 0.410 e. The van der Waals surface area contributed by atoms with Gasteiger partial charge >= 0.3 is 6.09 Å². The number of benzene rings is 1. The van der Waals surface area contributed by atoms with E-state index in [0.717, 1.165) is 0 Å². The molecule has 1 amide bonds. The summed E-state index contributed by atoms with van der Waals surface area (Å²) in [4.78, 5) is 13.9. The molecule has 0 aliphatic rings. The molecule has 0 N–H and O–H groups in total. The van der Waals surface area contributed by atoms with Gasteiger partial charge in [0.2, 0.25) is 0 Å². The van der Waals surface area contributed by atoms with Gasteiger partial charge in [0.1, 0.15) is 11.4 Å². The molecule has 4 nitrogen and oxygen atoms in total. The number of halogens is 2. The van der Waals surface area contributed by atoms with Gasteiger partial charge in [-0.3, -0.25) is 4.90 Å². The molecule has 1 unspecified atom stereocenters. The van der Waals surface area contributed by atoms with Gasteiger partial charge < -0.3 is 9.47 Å². The average molecular weight is 376 g/mol. The largest absolute Gasteiger partial charge is 0.444 e. The number of methoxy groups -OCH3 is 1. The van der Waals surface area contributed by atoms with Gasteiger partial charge in [-0.25, -0.2) is 9.18 Å². The van der Waals surface area contributed by atoms with E-state index in [1.165, 1.54) is 11.0 Å². The Bertz CT molecular complexity index is 517. The molecule has 22 heavy (non-hydrogen) atoms. The lowest BCUT2D eigenvalue weighted by Gasteiger charge is -2.31. The number of carbonyl (C=O) groups is 1. The van der Waals surface area contributed by atoms with E-state index < -0.39 is 11.7 Å². The normalized spacial score (nSPS) is 12.9. The van der Waals surface area contributed by atoms with Crippen molar-refractivity contribution in [3.8, 4) is 0 Å². The molecule has 0 aromatic heterocycles. The summed E-state index contributed by atoms with van der Waals surface area (Å²) in [5.74, 6) is -0.360. The van der Waals surface area contributed by atoms with Crippen molar-refractivity contribution in [1.29, 1.82) is 0 Å². The Kier molecular flexibility index (Phi) is 6.81. The number of ether oxygens (including phenoxy) is 2. The van der Waals surface area contributed by atoms with Gasteiger partial charge in [0.05, 0.1) is 17.1 Å². The molecule has 1 aromatic rings. The summed E-state index contributed by atoms with van der Waals surface area (Å²) in [6.45, 7) is 7.92. The number of hydrogen-bond acceptors (Lipinski definition) is 3. The predicted octanol–water partition coefficient (Wildman–Crippen LogP) is 4.36. The van der Waals surface area contributed by atoms with Crippen molar-refractivity contribution < 1.29 is 18.7 Å². The zero-order valence-electron chi connectivity index (χ0n) is 13.7. The lowest BCUT2D eigenvalue weighted by molar-refractivity contribution is 0.00613. The van der Waals surface area contributed by atoms with Crippen LogP contribution < -0.4 is 0 Å². The minimum Gasteiger partial charge on any atom is -0.444 e. The maximum absolute atomic E-state index is 13.6. The molecule has 0 bridgehead atoms. The highest BCUT2D eigenvalue weighted by Gasteiger charge is 2.26. The third kappa shape index (κ3) is 5.93. The maximum Gasteiger partial charge on any atom is 0.410 e. The minimum absolute atomic E-state index is 0.188. The number of amides is 1. The van der Waals surface area contributed by atoms with Crippen molar-refractivity contribution in [3.05, 3.63) is 34.1 Å². The molecule has 0 aliphatic heterocycles. The summed E-state index contributed by atoms with van der Waals surface area (Å²) in [7, 11) is 1.57. The zero-order chi connectivity index (χ0) is 16.9. The van der Waals surface area contributed by atoms with E-state index >= 15 is 0 Å². The van der Waals surface area contributed by atoms with Gasteiger partial charge in [0.15, 0.2) is 0 Å². The van der Waals surface area contributed by atoms with Gasteiger partial charge in [-0.2, -0.15) is 0 Å². The fourth-order valence-corrected chi connectivity index (χ4v) is 2.13. The lowest BCUT2D eigenvalue weighted by atomic mass is 10.2. The number of hydrogen-bond donors (Lipinski definition) is 0. The molecule has 1 aromatic carbocycles. The monoisotopic (exact) mass is 375 g/mol. The van der Waals surface area contributed by atoms with Gasteiger partial charge in [0, 0.05) is 13.7 Å². The highest BCUT2D eigenvalue weighted by Crippen LogP contribution is 2.20. The van der Waals surface area contributed by atoms with E-state index in [9.17, 15) is 9.18 Å². The van der Waals surface area contributed by atoms with Crippen molar-refractivity contribution in [1.82, 2.24) is 4.90 Å². The van der Waals surface area contributed by atoms with Crippen LogP contribution in [0.25, 0.3) is 0 Å². The average Bonchev–Trinajstić information content (AvgIpc) is 2.38. The first-order valence-corrected chi connectivity index (χ1v) is 7.86. The minimum atomic E-state index is -0.590. The van der Waals surface area contributed by atoms with Crippen molar-refractivity contribution in [2.75, 3.05) is 13.7 Å².